The molecule has 0 aliphatic carbocycles. The Balaban J connectivity index is 2.40. The van der Waals surface area contributed by atoms with Crippen molar-refractivity contribution in [3.05, 3.63) is 24.3 Å². The maximum absolute atomic E-state index is 8.85. The molecule has 1 aromatic rings. The van der Waals surface area contributed by atoms with Crippen molar-refractivity contribution in [1.29, 1.82) is 0 Å². The Morgan fingerprint density at radius 2 is 1.76 bits per heavy atom. The summed E-state index contributed by atoms with van der Waals surface area (Å²) < 4.78 is 11.0. The first kappa shape index (κ1) is 13.8. The van der Waals surface area contributed by atoms with Crippen molar-refractivity contribution in [2.45, 2.75) is 19.4 Å². The molecule has 0 heterocycles. The van der Waals surface area contributed by atoms with Crippen LogP contribution in [0.15, 0.2) is 24.3 Å². The van der Waals surface area contributed by atoms with E-state index in [9.17, 15) is 0 Å². The van der Waals surface area contributed by atoms with Gasteiger partial charge in [0.05, 0.1) is 6.61 Å². The van der Waals surface area contributed by atoms with E-state index >= 15 is 0 Å². The van der Waals surface area contributed by atoms with Gasteiger partial charge in [0.1, 0.15) is 18.1 Å². The van der Waals surface area contributed by atoms with Gasteiger partial charge in [0.15, 0.2) is 0 Å². The molecule has 0 radical (unpaired) electrons. The van der Waals surface area contributed by atoms with Crippen molar-refractivity contribution >= 4 is 0 Å². The summed E-state index contributed by atoms with van der Waals surface area (Å²) in [6.45, 7) is 3.33. The third-order valence-corrected chi connectivity index (χ3v) is 2.47. The molecule has 0 aliphatic rings. The highest BCUT2D eigenvalue weighted by atomic mass is 16.5. The number of rotatable bonds is 8. The number of aliphatic hydroxyl groups excluding tert-OH is 1. The van der Waals surface area contributed by atoms with Gasteiger partial charge in [-0.1, -0.05) is 0 Å². The van der Waals surface area contributed by atoms with Crippen LogP contribution in [-0.2, 0) is 0 Å². The van der Waals surface area contributed by atoms with E-state index in [0.29, 0.717) is 19.6 Å². The van der Waals surface area contributed by atoms with Crippen molar-refractivity contribution in [3.63, 3.8) is 0 Å². The number of hydrogen-bond acceptors (Lipinski definition) is 4. The standard InChI is InChI=1S/C13H21NO3/c1-3-16-12-4-6-13(7-5-12)17-10-11(14-2)8-9-15/h4-7,11,14-15H,3,8-10H2,1-2H3. The summed E-state index contributed by atoms with van der Waals surface area (Å²) in [5, 5.41) is 11.9. The summed E-state index contributed by atoms with van der Waals surface area (Å²) in [4.78, 5) is 0. The Morgan fingerprint density at radius 1 is 1.18 bits per heavy atom. The van der Waals surface area contributed by atoms with Gasteiger partial charge in [0.2, 0.25) is 0 Å². The molecule has 0 saturated heterocycles. The molecule has 1 rings (SSSR count). The summed E-state index contributed by atoms with van der Waals surface area (Å²) in [5.74, 6) is 1.66. The smallest absolute Gasteiger partial charge is 0.119 e. The van der Waals surface area contributed by atoms with Crippen LogP contribution in [0.3, 0.4) is 0 Å². The van der Waals surface area contributed by atoms with Gasteiger partial charge < -0.3 is 19.9 Å². The van der Waals surface area contributed by atoms with E-state index < -0.39 is 0 Å². The third kappa shape index (κ3) is 5.06. The number of likely N-dealkylation sites (N-methyl/N-ethyl adjacent to an activating group) is 1. The number of nitrogens with one attached hydrogen (secondary N) is 1. The van der Waals surface area contributed by atoms with E-state index in [4.69, 9.17) is 14.6 Å². The fourth-order valence-corrected chi connectivity index (χ4v) is 1.46. The lowest BCUT2D eigenvalue weighted by molar-refractivity contribution is 0.218. The zero-order valence-electron chi connectivity index (χ0n) is 10.5. The van der Waals surface area contributed by atoms with E-state index in [1.807, 2.05) is 38.2 Å². The maximum Gasteiger partial charge on any atom is 0.119 e. The summed E-state index contributed by atoms with van der Waals surface area (Å²) in [6, 6.07) is 7.72. The van der Waals surface area contributed by atoms with Crippen LogP contribution in [0.25, 0.3) is 0 Å². The molecule has 4 nitrogen and oxygen atoms in total. The first-order valence-corrected chi connectivity index (χ1v) is 5.94. The zero-order chi connectivity index (χ0) is 12.5. The normalized spacial score (nSPS) is 12.2. The molecule has 4 heteroatoms. The number of aliphatic hydroxyl groups is 1. The highest BCUT2D eigenvalue weighted by Gasteiger charge is 2.05. The SMILES string of the molecule is CCOc1ccc(OCC(CCO)NC)cc1. The van der Waals surface area contributed by atoms with Gasteiger partial charge in [-0.3, -0.25) is 0 Å². The lowest BCUT2D eigenvalue weighted by Crippen LogP contribution is -2.32. The van der Waals surface area contributed by atoms with E-state index in [-0.39, 0.29) is 12.6 Å². The monoisotopic (exact) mass is 239 g/mol. The molecule has 1 unspecified atom stereocenters. The Kier molecular flexibility index (Phi) is 6.43. The van der Waals surface area contributed by atoms with E-state index in [0.717, 1.165) is 11.5 Å². The van der Waals surface area contributed by atoms with Gasteiger partial charge in [-0.2, -0.15) is 0 Å². The second kappa shape index (κ2) is 7.92. The molecule has 96 valence electrons. The number of benzene rings is 1. The molecule has 0 spiro atoms. The molecule has 0 saturated carbocycles. The fraction of sp³-hybridized carbons (Fsp3) is 0.538. The van der Waals surface area contributed by atoms with Gasteiger partial charge >= 0.3 is 0 Å². The highest BCUT2D eigenvalue weighted by Crippen LogP contribution is 2.17. The average molecular weight is 239 g/mol. The summed E-state index contributed by atoms with van der Waals surface area (Å²) in [5.41, 5.74) is 0. The molecule has 1 aromatic carbocycles. The molecule has 0 fully saturated rings. The predicted molar refractivity (Wildman–Crippen MR) is 67.7 cm³/mol. The maximum atomic E-state index is 8.85. The number of ether oxygens (including phenoxy) is 2. The molecule has 17 heavy (non-hydrogen) atoms. The van der Waals surface area contributed by atoms with Crippen LogP contribution in [0.2, 0.25) is 0 Å². The predicted octanol–water partition coefficient (Wildman–Crippen LogP) is 1.43. The second-order valence-electron chi connectivity index (χ2n) is 3.71. The minimum Gasteiger partial charge on any atom is -0.494 e. The van der Waals surface area contributed by atoms with E-state index in [2.05, 4.69) is 5.32 Å². The third-order valence-electron chi connectivity index (χ3n) is 2.47. The van der Waals surface area contributed by atoms with Gasteiger partial charge in [0, 0.05) is 12.6 Å². The van der Waals surface area contributed by atoms with Crippen molar-refractivity contribution in [1.82, 2.24) is 5.32 Å². The van der Waals surface area contributed by atoms with Gasteiger partial charge in [-0.05, 0) is 44.7 Å². The second-order valence-corrected chi connectivity index (χ2v) is 3.71. The van der Waals surface area contributed by atoms with Crippen LogP contribution < -0.4 is 14.8 Å². The van der Waals surface area contributed by atoms with Crippen LogP contribution in [0.5, 0.6) is 11.5 Å². The van der Waals surface area contributed by atoms with Crippen LogP contribution in [0.4, 0.5) is 0 Å². The lowest BCUT2D eigenvalue weighted by Gasteiger charge is -2.16. The molecule has 1 atom stereocenters. The van der Waals surface area contributed by atoms with Gasteiger partial charge in [-0.15, -0.1) is 0 Å². The Morgan fingerprint density at radius 3 is 2.24 bits per heavy atom. The van der Waals surface area contributed by atoms with Crippen molar-refractivity contribution in [2.75, 3.05) is 26.9 Å². The number of hydrogen-bond donors (Lipinski definition) is 2. The molecular weight excluding hydrogens is 218 g/mol. The quantitative estimate of drug-likeness (QED) is 0.720. The minimum absolute atomic E-state index is 0.165. The van der Waals surface area contributed by atoms with Crippen molar-refractivity contribution < 1.29 is 14.6 Å². The van der Waals surface area contributed by atoms with Gasteiger partial charge in [-0.25, -0.2) is 0 Å². The van der Waals surface area contributed by atoms with Crippen LogP contribution >= 0.6 is 0 Å². The summed E-state index contributed by atoms with van der Waals surface area (Å²) in [6.07, 6.45) is 0.688. The lowest BCUT2D eigenvalue weighted by atomic mass is 10.2. The Bertz CT molecular complexity index is 300. The average Bonchev–Trinajstić information content (AvgIpc) is 2.36. The van der Waals surface area contributed by atoms with Gasteiger partial charge in [0.25, 0.3) is 0 Å². The fourth-order valence-electron chi connectivity index (χ4n) is 1.46. The first-order valence-electron chi connectivity index (χ1n) is 5.94. The molecule has 2 N–H and O–H groups in total. The molecule has 0 aliphatic heterocycles. The van der Waals surface area contributed by atoms with Crippen molar-refractivity contribution in [2.24, 2.45) is 0 Å². The molecule has 0 bridgehead atoms. The molecular formula is C13H21NO3. The summed E-state index contributed by atoms with van der Waals surface area (Å²) in [7, 11) is 1.86. The largest absolute Gasteiger partial charge is 0.494 e. The minimum atomic E-state index is 0.165. The van der Waals surface area contributed by atoms with Crippen molar-refractivity contribution in [3.8, 4) is 11.5 Å². The first-order chi connectivity index (χ1) is 8.30. The molecule has 0 aromatic heterocycles. The van der Waals surface area contributed by atoms with E-state index in [1.54, 1.807) is 0 Å². The van der Waals surface area contributed by atoms with Crippen LogP contribution in [-0.4, -0.2) is 38.0 Å². The zero-order valence-corrected chi connectivity index (χ0v) is 10.5. The highest BCUT2D eigenvalue weighted by molar-refractivity contribution is 5.31. The van der Waals surface area contributed by atoms with Crippen LogP contribution in [0, 0.1) is 0 Å². The summed E-state index contributed by atoms with van der Waals surface area (Å²) >= 11 is 0. The Labute approximate surface area is 103 Å². The Hall–Kier alpha value is -1.26. The van der Waals surface area contributed by atoms with E-state index in [1.165, 1.54) is 0 Å². The topological polar surface area (TPSA) is 50.7 Å². The van der Waals surface area contributed by atoms with Crippen LogP contribution in [0.1, 0.15) is 13.3 Å². The molecule has 0 amide bonds.